The number of halogens is 1. The summed E-state index contributed by atoms with van der Waals surface area (Å²) in [5, 5.41) is 3.14. The second kappa shape index (κ2) is 5.30. The van der Waals surface area contributed by atoms with Crippen molar-refractivity contribution in [2.75, 3.05) is 17.6 Å². The van der Waals surface area contributed by atoms with Gasteiger partial charge in [0, 0.05) is 24.5 Å². The summed E-state index contributed by atoms with van der Waals surface area (Å²) in [7, 11) is 0. The maximum Gasteiger partial charge on any atom is 0.127 e. The van der Waals surface area contributed by atoms with Gasteiger partial charge in [-0.3, -0.25) is 0 Å². The standard InChI is InChI=1S/C13H14FN3/c14-11-3-1-2-10(8-11)4-6-16-13-9-12(15)5-7-17-13/h1-3,5,7-9H,4,6H2,(H3,15,16,17). The first-order valence-electron chi connectivity index (χ1n) is 5.44. The van der Waals surface area contributed by atoms with Crippen molar-refractivity contribution in [2.45, 2.75) is 6.42 Å². The molecule has 88 valence electrons. The molecule has 0 aliphatic carbocycles. The number of nitrogens with one attached hydrogen (secondary N) is 1. The molecule has 0 amide bonds. The monoisotopic (exact) mass is 231 g/mol. The molecule has 0 saturated heterocycles. The third kappa shape index (κ3) is 3.45. The van der Waals surface area contributed by atoms with Crippen LogP contribution in [0.4, 0.5) is 15.9 Å². The largest absolute Gasteiger partial charge is 0.399 e. The zero-order valence-corrected chi connectivity index (χ0v) is 9.36. The van der Waals surface area contributed by atoms with Crippen molar-refractivity contribution in [1.82, 2.24) is 4.98 Å². The summed E-state index contributed by atoms with van der Waals surface area (Å²) in [4.78, 5) is 4.12. The SMILES string of the molecule is Nc1ccnc(NCCc2cccc(F)c2)c1. The molecule has 0 fully saturated rings. The second-order valence-electron chi connectivity index (χ2n) is 3.78. The van der Waals surface area contributed by atoms with E-state index >= 15 is 0 Å². The van der Waals surface area contributed by atoms with E-state index in [4.69, 9.17) is 5.73 Å². The number of benzene rings is 1. The van der Waals surface area contributed by atoms with Gasteiger partial charge >= 0.3 is 0 Å². The molecule has 0 bridgehead atoms. The first kappa shape index (κ1) is 11.4. The molecule has 2 aromatic rings. The van der Waals surface area contributed by atoms with Crippen molar-refractivity contribution in [3.8, 4) is 0 Å². The van der Waals surface area contributed by atoms with Crippen molar-refractivity contribution in [1.29, 1.82) is 0 Å². The van der Waals surface area contributed by atoms with Crippen molar-refractivity contribution in [3.05, 3.63) is 54.0 Å². The van der Waals surface area contributed by atoms with E-state index in [2.05, 4.69) is 10.3 Å². The number of aromatic nitrogens is 1. The van der Waals surface area contributed by atoms with Gasteiger partial charge in [0.2, 0.25) is 0 Å². The van der Waals surface area contributed by atoms with Gasteiger partial charge in [-0.25, -0.2) is 9.37 Å². The summed E-state index contributed by atoms with van der Waals surface area (Å²) >= 11 is 0. The average Bonchev–Trinajstić information content (AvgIpc) is 2.29. The highest BCUT2D eigenvalue weighted by Gasteiger charge is 1.97. The van der Waals surface area contributed by atoms with Crippen LogP contribution in [0.25, 0.3) is 0 Å². The summed E-state index contributed by atoms with van der Waals surface area (Å²) in [6.07, 6.45) is 2.40. The molecule has 2 rings (SSSR count). The molecule has 0 aliphatic heterocycles. The third-order valence-electron chi connectivity index (χ3n) is 2.39. The zero-order valence-electron chi connectivity index (χ0n) is 9.36. The number of nitrogen functional groups attached to an aromatic ring is 1. The highest BCUT2D eigenvalue weighted by Crippen LogP contribution is 2.08. The predicted molar refractivity (Wildman–Crippen MR) is 67.2 cm³/mol. The van der Waals surface area contributed by atoms with Crippen LogP contribution >= 0.6 is 0 Å². The minimum absolute atomic E-state index is 0.204. The lowest BCUT2D eigenvalue weighted by atomic mass is 10.1. The summed E-state index contributed by atoms with van der Waals surface area (Å²) in [6.45, 7) is 0.694. The van der Waals surface area contributed by atoms with E-state index in [1.54, 1.807) is 24.4 Å². The van der Waals surface area contributed by atoms with Gasteiger partial charge in [-0.1, -0.05) is 12.1 Å². The van der Waals surface area contributed by atoms with Crippen molar-refractivity contribution in [3.63, 3.8) is 0 Å². The molecule has 3 N–H and O–H groups in total. The van der Waals surface area contributed by atoms with Crippen LogP contribution in [0.5, 0.6) is 0 Å². The van der Waals surface area contributed by atoms with Crippen LogP contribution < -0.4 is 11.1 Å². The van der Waals surface area contributed by atoms with Gasteiger partial charge in [0.15, 0.2) is 0 Å². The van der Waals surface area contributed by atoms with Gasteiger partial charge in [0.1, 0.15) is 11.6 Å². The van der Waals surface area contributed by atoms with Gasteiger partial charge in [0.25, 0.3) is 0 Å². The maximum atomic E-state index is 12.9. The van der Waals surface area contributed by atoms with Gasteiger partial charge in [-0.05, 0) is 30.2 Å². The number of nitrogens with zero attached hydrogens (tertiary/aromatic N) is 1. The topological polar surface area (TPSA) is 50.9 Å². The predicted octanol–water partition coefficient (Wildman–Crippen LogP) is 2.46. The Bertz CT molecular complexity index is 454. The maximum absolute atomic E-state index is 12.9. The smallest absolute Gasteiger partial charge is 0.127 e. The number of hydrogen-bond donors (Lipinski definition) is 2. The highest BCUT2D eigenvalue weighted by atomic mass is 19.1. The minimum atomic E-state index is -0.204. The Labute approximate surface area is 99.5 Å². The first-order chi connectivity index (χ1) is 8.24. The summed E-state index contributed by atoms with van der Waals surface area (Å²) in [5.41, 5.74) is 7.27. The molecule has 0 atom stereocenters. The molecule has 0 spiro atoms. The lowest BCUT2D eigenvalue weighted by molar-refractivity contribution is 0.625. The molecule has 1 aromatic carbocycles. The van der Waals surface area contributed by atoms with E-state index in [1.165, 1.54) is 12.1 Å². The Hall–Kier alpha value is -2.10. The van der Waals surface area contributed by atoms with Crippen LogP contribution in [-0.4, -0.2) is 11.5 Å². The quantitative estimate of drug-likeness (QED) is 0.849. The average molecular weight is 231 g/mol. The Morgan fingerprint density at radius 2 is 2.12 bits per heavy atom. The summed E-state index contributed by atoms with van der Waals surface area (Å²) in [6, 6.07) is 10.1. The summed E-state index contributed by atoms with van der Waals surface area (Å²) < 4.78 is 12.9. The molecule has 1 aromatic heterocycles. The van der Waals surface area contributed by atoms with E-state index in [0.717, 1.165) is 17.8 Å². The Kier molecular flexibility index (Phi) is 3.55. The number of pyridine rings is 1. The van der Waals surface area contributed by atoms with Crippen LogP contribution in [0.1, 0.15) is 5.56 Å². The molecule has 0 radical (unpaired) electrons. The second-order valence-corrected chi connectivity index (χ2v) is 3.78. The molecule has 17 heavy (non-hydrogen) atoms. The lowest BCUT2D eigenvalue weighted by Crippen LogP contribution is -2.06. The molecule has 0 aliphatic rings. The number of nitrogens with two attached hydrogens (primary N) is 1. The van der Waals surface area contributed by atoms with Crippen molar-refractivity contribution < 1.29 is 4.39 Å². The fraction of sp³-hybridized carbons (Fsp3) is 0.154. The van der Waals surface area contributed by atoms with Crippen LogP contribution in [0.2, 0.25) is 0 Å². The van der Waals surface area contributed by atoms with Gasteiger partial charge < -0.3 is 11.1 Å². The van der Waals surface area contributed by atoms with E-state index in [0.29, 0.717) is 12.2 Å². The van der Waals surface area contributed by atoms with Crippen LogP contribution in [0.15, 0.2) is 42.6 Å². The van der Waals surface area contributed by atoms with Crippen LogP contribution in [0.3, 0.4) is 0 Å². The minimum Gasteiger partial charge on any atom is -0.399 e. The zero-order chi connectivity index (χ0) is 12.1. The Morgan fingerprint density at radius 1 is 1.24 bits per heavy atom. The van der Waals surface area contributed by atoms with Crippen molar-refractivity contribution in [2.24, 2.45) is 0 Å². The van der Waals surface area contributed by atoms with E-state index in [1.807, 2.05) is 6.07 Å². The van der Waals surface area contributed by atoms with E-state index in [-0.39, 0.29) is 5.82 Å². The first-order valence-corrected chi connectivity index (χ1v) is 5.44. The molecule has 4 heteroatoms. The molecule has 0 unspecified atom stereocenters. The normalized spacial score (nSPS) is 10.2. The van der Waals surface area contributed by atoms with Crippen LogP contribution in [0, 0.1) is 5.82 Å². The number of hydrogen-bond acceptors (Lipinski definition) is 3. The molecule has 3 nitrogen and oxygen atoms in total. The molecular weight excluding hydrogens is 217 g/mol. The fourth-order valence-corrected chi connectivity index (χ4v) is 1.57. The lowest BCUT2D eigenvalue weighted by Gasteiger charge is -2.06. The highest BCUT2D eigenvalue weighted by molar-refractivity contribution is 5.48. The molecule has 1 heterocycles. The van der Waals surface area contributed by atoms with E-state index in [9.17, 15) is 4.39 Å². The van der Waals surface area contributed by atoms with Gasteiger partial charge in [0.05, 0.1) is 0 Å². The van der Waals surface area contributed by atoms with Gasteiger partial charge in [-0.2, -0.15) is 0 Å². The van der Waals surface area contributed by atoms with Crippen molar-refractivity contribution >= 4 is 11.5 Å². The number of rotatable bonds is 4. The fourth-order valence-electron chi connectivity index (χ4n) is 1.57. The molecule has 0 saturated carbocycles. The summed E-state index contributed by atoms with van der Waals surface area (Å²) in [5.74, 6) is 0.533. The van der Waals surface area contributed by atoms with E-state index < -0.39 is 0 Å². The number of anilines is 2. The third-order valence-corrected chi connectivity index (χ3v) is 2.39. The Balaban J connectivity index is 1.87. The molecular formula is C13H14FN3. The van der Waals surface area contributed by atoms with Gasteiger partial charge in [-0.15, -0.1) is 0 Å². The Morgan fingerprint density at radius 3 is 2.88 bits per heavy atom. The van der Waals surface area contributed by atoms with Crippen LogP contribution in [-0.2, 0) is 6.42 Å².